The van der Waals surface area contributed by atoms with Gasteiger partial charge in [-0.1, -0.05) is 26.7 Å². The van der Waals surface area contributed by atoms with Gasteiger partial charge >= 0.3 is 5.69 Å². The topological polar surface area (TPSA) is 81.5 Å². The Kier molecular flexibility index (Phi) is 5.00. The average molecular weight is 306 g/mol. The first-order valence-electron chi connectivity index (χ1n) is 7.57. The first-order valence-corrected chi connectivity index (χ1v) is 7.57. The second-order valence-corrected chi connectivity index (χ2v) is 5.99. The fourth-order valence-electron chi connectivity index (χ4n) is 3.01. The summed E-state index contributed by atoms with van der Waals surface area (Å²) in [4.78, 5) is 22.9. The van der Waals surface area contributed by atoms with E-state index in [1.54, 1.807) is 6.07 Å². The zero-order valence-corrected chi connectivity index (χ0v) is 13.2. The maximum absolute atomic E-state index is 12.4. The Morgan fingerprint density at radius 2 is 2.09 bits per heavy atom. The third kappa shape index (κ3) is 3.37. The molecule has 6 heteroatoms. The molecule has 1 aliphatic carbocycles. The standard InChI is InChI=1S/C16H22N2O4/c1-10-5-4-6-13(11(10)2)17-16(19)12-7-8-15(22-3)14(9-12)18(20)21/h7-11,13H,4-6H2,1-3H3,(H,17,19). The highest BCUT2D eigenvalue weighted by molar-refractivity contribution is 5.95. The van der Waals surface area contributed by atoms with Crippen molar-refractivity contribution in [2.24, 2.45) is 11.8 Å². The molecule has 3 unspecified atom stereocenters. The third-order valence-corrected chi connectivity index (χ3v) is 4.66. The Bertz CT molecular complexity index is 573. The minimum atomic E-state index is -0.541. The van der Waals surface area contributed by atoms with Crippen LogP contribution in [0.25, 0.3) is 0 Å². The summed E-state index contributed by atoms with van der Waals surface area (Å²) in [7, 11) is 1.37. The van der Waals surface area contributed by atoms with Gasteiger partial charge in [-0.3, -0.25) is 14.9 Å². The van der Waals surface area contributed by atoms with Crippen LogP contribution in [-0.2, 0) is 0 Å². The summed E-state index contributed by atoms with van der Waals surface area (Å²) in [6.07, 6.45) is 3.23. The van der Waals surface area contributed by atoms with Crippen LogP contribution in [0.4, 0.5) is 5.69 Å². The average Bonchev–Trinajstić information content (AvgIpc) is 2.51. The first kappa shape index (κ1) is 16.3. The van der Waals surface area contributed by atoms with E-state index in [1.165, 1.54) is 25.7 Å². The smallest absolute Gasteiger partial charge is 0.311 e. The number of nitro benzene ring substituents is 1. The van der Waals surface area contributed by atoms with E-state index in [4.69, 9.17) is 4.74 Å². The van der Waals surface area contributed by atoms with Gasteiger partial charge in [-0.2, -0.15) is 0 Å². The van der Waals surface area contributed by atoms with E-state index in [-0.39, 0.29) is 28.9 Å². The third-order valence-electron chi connectivity index (χ3n) is 4.66. The van der Waals surface area contributed by atoms with Crippen LogP contribution in [0.1, 0.15) is 43.5 Å². The number of carbonyl (C=O) groups excluding carboxylic acids is 1. The van der Waals surface area contributed by atoms with Crippen LogP contribution < -0.4 is 10.1 Å². The molecular formula is C16H22N2O4. The van der Waals surface area contributed by atoms with Crippen molar-refractivity contribution >= 4 is 11.6 Å². The zero-order valence-electron chi connectivity index (χ0n) is 13.2. The second-order valence-electron chi connectivity index (χ2n) is 5.99. The molecule has 1 saturated carbocycles. The number of nitro groups is 1. The fourth-order valence-corrected chi connectivity index (χ4v) is 3.01. The molecule has 1 aromatic carbocycles. The SMILES string of the molecule is COc1ccc(C(=O)NC2CCCC(C)C2C)cc1[N+](=O)[O-]. The minimum absolute atomic E-state index is 0.123. The molecule has 0 spiro atoms. The molecule has 1 N–H and O–H groups in total. The molecule has 0 radical (unpaired) electrons. The number of amides is 1. The van der Waals surface area contributed by atoms with Gasteiger partial charge in [0.1, 0.15) is 0 Å². The highest BCUT2D eigenvalue weighted by Gasteiger charge is 2.29. The van der Waals surface area contributed by atoms with Crippen molar-refractivity contribution in [1.29, 1.82) is 0 Å². The molecule has 1 amide bonds. The van der Waals surface area contributed by atoms with Gasteiger partial charge in [0.25, 0.3) is 5.91 Å². The maximum Gasteiger partial charge on any atom is 0.311 e. The Morgan fingerprint density at radius 3 is 2.73 bits per heavy atom. The number of rotatable bonds is 4. The summed E-state index contributed by atoms with van der Waals surface area (Å²) in [5.74, 6) is 0.869. The van der Waals surface area contributed by atoms with Crippen LogP contribution >= 0.6 is 0 Å². The molecule has 120 valence electrons. The normalized spacial score (nSPS) is 24.6. The molecule has 22 heavy (non-hydrogen) atoms. The summed E-state index contributed by atoms with van der Waals surface area (Å²) in [5.41, 5.74) is 0.0955. The van der Waals surface area contributed by atoms with Crippen LogP contribution in [-0.4, -0.2) is 24.0 Å². The van der Waals surface area contributed by atoms with Crippen molar-refractivity contribution in [3.05, 3.63) is 33.9 Å². The van der Waals surface area contributed by atoms with Gasteiger partial charge in [-0.05, 0) is 30.4 Å². The lowest BCUT2D eigenvalue weighted by Crippen LogP contribution is -2.43. The molecule has 0 aliphatic heterocycles. The Balaban J connectivity index is 2.16. The number of ether oxygens (including phenoxy) is 1. The molecule has 3 atom stereocenters. The number of hydrogen-bond donors (Lipinski definition) is 1. The molecular weight excluding hydrogens is 284 g/mol. The first-order chi connectivity index (χ1) is 10.4. The van der Waals surface area contributed by atoms with Crippen LogP contribution in [0.5, 0.6) is 5.75 Å². The Hall–Kier alpha value is -2.11. The lowest BCUT2D eigenvalue weighted by molar-refractivity contribution is -0.385. The Labute approximate surface area is 130 Å². The van der Waals surface area contributed by atoms with E-state index in [0.29, 0.717) is 11.8 Å². The van der Waals surface area contributed by atoms with Crippen LogP contribution in [0, 0.1) is 22.0 Å². The molecule has 0 aromatic heterocycles. The number of hydrogen-bond acceptors (Lipinski definition) is 4. The van der Waals surface area contributed by atoms with Crippen LogP contribution in [0.2, 0.25) is 0 Å². The molecule has 1 aliphatic rings. The molecule has 1 aromatic rings. The highest BCUT2D eigenvalue weighted by Crippen LogP contribution is 2.30. The van der Waals surface area contributed by atoms with E-state index < -0.39 is 4.92 Å². The molecule has 2 rings (SSSR count). The van der Waals surface area contributed by atoms with E-state index in [9.17, 15) is 14.9 Å². The van der Waals surface area contributed by atoms with Crippen molar-refractivity contribution in [1.82, 2.24) is 5.32 Å². The van der Waals surface area contributed by atoms with Gasteiger partial charge in [0.15, 0.2) is 5.75 Å². The number of methoxy groups -OCH3 is 1. The Morgan fingerprint density at radius 1 is 1.36 bits per heavy atom. The summed E-state index contributed by atoms with van der Waals surface area (Å²) < 4.78 is 4.95. The van der Waals surface area contributed by atoms with Crippen molar-refractivity contribution in [3.63, 3.8) is 0 Å². The number of nitrogens with zero attached hydrogens (tertiary/aromatic N) is 1. The predicted molar refractivity (Wildman–Crippen MR) is 83.1 cm³/mol. The van der Waals surface area contributed by atoms with Gasteiger partial charge in [0, 0.05) is 17.7 Å². The van der Waals surface area contributed by atoms with E-state index in [0.717, 1.165) is 12.8 Å². The summed E-state index contributed by atoms with van der Waals surface area (Å²) in [6.45, 7) is 4.34. The maximum atomic E-state index is 12.4. The van der Waals surface area contributed by atoms with Crippen molar-refractivity contribution in [3.8, 4) is 5.75 Å². The quantitative estimate of drug-likeness (QED) is 0.684. The zero-order chi connectivity index (χ0) is 16.3. The number of benzene rings is 1. The van der Waals surface area contributed by atoms with E-state index in [1.807, 2.05) is 0 Å². The highest BCUT2D eigenvalue weighted by atomic mass is 16.6. The van der Waals surface area contributed by atoms with Gasteiger partial charge in [-0.15, -0.1) is 0 Å². The van der Waals surface area contributed by atoms with Gasteiger partial charge in [-0.25, -0.2) is 0 Å². The lowest BCUT2D eigenvalue weighted by Gasteiger charge is -2.34. The van der Waals surface area contributed by atoms with Gasteiger partial charge in [0.2, 0.25) is 0 Å². The second kappa shape index (κ2) is 6.77. The van der Waals surface area contributed by atoms with Gasteiger partial charge < -0.3 is 10.1 Å². The van der Waals surface area contributed by atoms with Gasteiger partial charge in [0.05, 0.1) is 12.0 Å². The molecule has 6 nitrogen and oxygen atoms in total. The minimum Gasteiger partial charge on any atom is -0.490 e. The number of carbonyl (C=O) groups is 1. The summed E-state index contributed by atoms with van der Waals surface area (Å²) >= 11 is 0. The van der Waals surface area contributed by atoms with Crippen molar-refractivity contribution in [2.45, 2.75) is 39.2 Å². The predicted octanol–water partition coefficient (Wildman–Crippen LogP) is 3.16. The van der Waals surface area contributed by atoms with E-state index >= 15 is 0 Å². The monoisotopic (exact) mass is 306 g/mol. The molecule has 0 heterocycles. The molecule has 1 fully saturated rings. The summed E-state index contributed by atoms with van der Waals surface area (Å²) in [5, 5.41) is 14.1. The van der Waals surface area contributed by atoms with Crippen LogP contribution in [0.15, 0.2) is 18.2 Å². The largest absolute Gasteiger partial charge is 0.490 e. The fraction of sp³-hybridized carbons (Fsp3) is 0.562. The molecule has 0 saturated heterocycles. The van der Waals surface area contributed by atoms with Crippen molar-refractivity contribution in [2.75, 3.05) is 7.11 Å². The van der Waals surface area contributed by atoms with E-state index in [2.05, 4.69) is 19.2 Å². The van der Waals surface area contributed by atoms with Crippen LogP contribution in [0.3, 0.4) is 0 Å². The van der Waals surface area contributed by atoms with Crippen molar-refractivity contribution < 1.29 is 14.5 Å². The summed E-state index contributed by atoms with van der Waals surface area (Å²) in [6, 6.07) is 4.40. The number of nitrogens with one attached hydrogen (secondary N) is 1. The lowest BCUT2D eigenvalue weighted by atomic mass is 9.78. The molecule has 0 bridgehead atoms.